The van der Waals surface area contributed by atoms with Crippen LogP contribution in [-0.4, -0.2) is 33.6 Å². The fourth-order valence-corrected chi connectivity index (χ4v) is 2.81. The molecule has 0 aromatic heterocycles. The Kier molecular flexibility index (Phi) is 7.70. The van der Waals surface area contributed by atoms with Gasteiger partial charge in [-0.15, -0.1) is 0 Å². The quantitative estimate of drug-likeness (QED) is 0.672. The summed E-state index contributed by atoms with van der Waals surface area (Å²) in [5.41, 5.74) is 1.14. The van der Waals surface area contributed by atoms with Gasteiger partial charge < -0.3 is 10.1 Å². The molecular formula is C15H24BrNO3S. The third kappa shape index (κ3) is 8.44. The van der Waals surface area contributed by atoms with Crippen molar-refractivity contribution >= 4 is 25.8 Å². The van der Waals surface area contributed by atoms with E-state index in [1.165, 1.54) is 6.26 Å². The molecule has 0 amide bonds. The topological polar surface area (TPSA) is 55.4 Å². The standard InChI is InChI=1S/C15H24BrNO3S/c1-12(2)10-17-11-13-9-14(5-6-15(13)16)20-7-4-8-21(3,18)19/h5-6,9,12,17H,4,7-8,10-11H2,1-3H3. The molecule has 0 unspecified atom stereocenters. The molecular weight excluding hydrogens is 354 g/mol. The first kappa shape index (κ1) is 18.5. The molecule has 1 N–H and O–H groups in total. The Bertz CT molecular complexity index is 544. The fourth-order valence-electron chi connectivity index (χ4n) is 1.78. The summed E-state index contributed by atoms with van der Waals surface area (Å²) in [6.07, 6.45) is 1.75. The summed E-state index contributed by atoms with van der Waals surface area (Å²) in [7, 11) is -2.91. The van der Waals surface area contributed by atoms with Crippen LogP contribution in [0.5, 0.6) is 5.75 Å². The van der Waals surface area contributed by atoms with Gasteiger partial charge in [-0.05, 0) is 42.6 Å². The SMILES string of the molecule is CC(C)CNCc1cc(OCCCS(C)(=O)=O)ccc1Br. The number of hydrogen-bond acceptors (Lipinski definition) is 4. The third-order valence-electron chi connectivity index (χ3n) is 2.81. The monoisotopic (exact) mass is 377 g/mol. The summed E-state index contributed by atoms with van der Waals surface area (Å²) in [6, 6.07) is 5.83. The van der Waals surface area contributed by atoms with Crippen molar-refractivity contribution in [3.05, 3.63) is 28.2 Å². The van der Waals surface area contributed by atoms with Crippen LogP contribution >= 0.6 is 15.9 Å². The van der Waals surface area contributed by atoms with Crippen molar-refractivity contribution in [1.82, 2.24) is 5.32 Å². The van der Waals surface area contributed by atoms with Crippen LogP contribution in [0.25, 0.3) is 0 Å². The molecule has 0 saturated carbocycles. The van der Waals surface area contributed by atoms with Crippen molar-refractivity contribution in [2.45, 2.75) is 26.8 Å². The number of sulfone groups is 1. The Labute approximate surface area is 136 Å². The predicted molar refractivity (Wildman–Crippen MR) is 90.5 cm³/mol. The first-order chi connectivity index (χ1) is 9.78. The van der Waals surface area contributed by atoms with Gasteiger partial charge in [0.25, 0.3) is 0 Å². The van der Waals surface area contributed by atoms with Gasteiger partial charge in [0, 0.05) is 17.3 Å². The van der Waals surface area contributed by atoms with Gasteiger partial charge in [0.15, 0.2) is 0 Å². The molecule has 0 heterocycles. The van der Waals surface area contributed by atoms with E-state index in [0.29, 0.717) is 18.9 Å². The summed E-state index contributed by atoms with van der Waals surface area (Å²) in [4.78, 5) is 0. The van der Waals surface area contributed by atoms with E-state index in [1.807, 2.05) is 18.2 Å². The Morgan fingerprint density at radius 1 is 1.33 bits per heavy atom. The number of halogens is 1. The normalized spacial score (nSPS) is 11.9. The highest BCUT2D eigenvalue weighted by molar-refractivity contribution is 9.10. The Morgan fingerprint density at radius 2 is 2.05 bits per heavy atom. The maximum Gasteiger partial charge on any atom is 0.147 e. The molecule has 1 rings (SSSR count). The largest absolute Gasteiger partial charge is 0.494 e. The first-order valence-corrected chi connectivity index (χ1v) is 9.93. The molecule has 0 saturated heterocycles. The number of rotatable bonds is 9. The minimum atomic E-state index is -2.91. The lowest BCUT2D eigenvalue weighted by atomic mass is 10.2. The minimum Gasteiger partial charge on any atom is -0.494 e. The highest BCUT2D eigenvalue weighted by Crippen LogP contribution is 2.22. The maximum absolute atomic E-state index is 11.0. The number of ether oxygens (including phenoxy) is 1. The van der Waals surface area contributed by atoms with E-state index in [2.05, 4.69) is 35.1 Å². The van der Waals surface area contributed by atoms with E-state index in [0.717, 1.165) is 28.9 Å². The van der Waals surface area contributed by atoms with E-state index >= 15 is 0 Å². The van der Waals surface area contributed by atoms with Gasteiger partial charge in [-0.3, -0.25) is 0 Å². The highest BCUT2D eigenvalue weighted by Gasteiger charge is 2.05. The molecule has 6 heteroatoms. The van der Waals surface area contributed by atoms with Crippen LogP contribution in [0.1, 0.15) is 25.8 Å². The zero-order valence-corrected chi connectivity index (χ0v) is 15.3. The highest BCUT2D eigenvalue weighted by atomic mass is 79.9. The summed E-state index contributed by atoms with van der Waals surface area (Å²) in [5, 5.41) is 3.39. The maximum atomic E-state index is 11.0. The van der Waals surface area contributed by atoms with E-state index in [4.69, 9.17) is 4.74 Å². The van der Waals surface area contributed by atoms with Crippen LogP contribution < -0.4 is 10.1 Å². The predicted octanol–water partition coefficient (Wildman–Crippen LogP) is 3.01. The molecule has 0 aliphatic carbocycles. The second-order valence-corrected chi connectivity index (χ2v) is 8.72. The average Bonchev–Trinajstić information content (AvgIpc) is 2.36. The summed E-state index contributed by atoms with van der Waals surface area (Å²) in [6.45, 7) is 6.49. The first-order valence-electron chi connectivity index (χ1n) is 7.07. The van der Waals surface area contributed by atoms with Crippen molar-refractivity contribution in [3.63, 3.8) is 0 Å². The van der Waals surface area contributed by atoms with E-state index in [9.17, 15) is 8.42 Å². The number of nitrogens with one attached hydrogen (secondary N) is 1. The van der Waals surface area contributed by atoms with Gasteiger partial charge in [0.05, 0.1) is 12.4 Å². The van der Waals surface area contributed by atoms with E-state index < -0.39 is 9.84 Å². The number of hydrogen-bond donors (Lipinski definition) is 1. The van der Waals surface area contributed by atoms with Crippen molar-refractivity contribution in [2.75, 3.05) is 25.2 Å². The Balaban J connectivity index is 2.48. The van der Waals surface area contributed by atoms with Crippen LogP contribution in [-0.2, 0) is 16.4 Å². The van der Waals surface area contributed by atoms with Gasteiger partial charge >= 0.3 is 0 Å². The van der Waals surface area contributed by atoms with Crippen LogP contribution in [0.3, 0.4) is 0 Å². The Morgan fingerprint density at radius 3 is 2.67 bits per heavy atom. The summed E-state index contributed by atoms with van der Waals surface area (Å²) in [5.74, 6) is 1.54. The molecule has 1 aromatic rings. The molecule has 0 atom stereocenters. The second-order valence-electron chi connectivity index (χ2n) is 5.61. The third-order valence-corrected chi connectivity index (χ3v) is 4.62. The molecule has 21 heavy (non-hydrogen) atoms. The van der Waals surface area contributed by atoms with Crippen LogP contribution in [0, 0.1) is 5.92 Å². The average molecular weight is 378 g/mol. The molecule has 0 aliphatic rings. The van der Waals surface area contributed by atoms with Crippen molar-refractivity contribution < 1.29 is 13.2 Å². The van der Waals surface area contributed by atoms with Gasteiger partial charge in [0.2, 0.25) is 0 Å². The molecule has 0 radical (unpaired) electrons. The van der Waals surface area contributed by atoms with Gasteiger partial charge in [0.1, 0.15) is 15.6 Å². The summed E-state index contributed by atoms with van der Waals surface area (Å²) >= 11 is 3.53. The fraction of sp³-hybridized carbons (Fsp3) is 0.600. The minimum absolute atomic E-state index is 0.159. The zero-order chi connectivity index (χ0) is 15.9. The lowest BCUT2D eigenvalue weighted by Gasteiger charge is -2.11. The van der Waals surface area contributed by atoms with Gasteiger partial charge in [-0.1, -0.05) is 29.8 Å². The molecule has 120 valence electrons. The van der Waals surface area contributed by atoms with Gasteiger partial charge in [-0.2, -0.15) is 0 Å². The molecule has 1 aromatic carbocycles. The Hall–Kier alpha value is -0.590. The molecule has 0 aliphatic heterocycles. The van der Waals surface area contributed by atoms with Crippen LogP contribution in [0.4, 0.5) is 0 Å². The van der Waals surface area contributed by atoms with Crippen molar-refractivity contribution in [1.29, 1.82) is 0 Å². The smallest absolute Gasteiger partial charge is 0.147 e. The van der Waals surface area contributed by atoms with Gasteiger partial charge in [-0.25, -0.2) is 8.42 Å². The molecule has 4 nitrogen and oxygen atoms in total. The lowest BCUT2D eigenvalue weighted by molar-refractivity contribution is 0.317. The van der Waals surface area contributed by atoms with Crippen molar-refractivity contribution in [3.8, 4) is 5.75 Å². The number of benzene rings is 1. The van der Waals surface area contributed by atoms with Crippen molar-refractivity contribution in [2.24, 2.45) is 5.92 Å². The zero-order valence-electron chi connectivity index (χ0n) is 12.9. The molecule has 0 bridgehead atoms. The second kappa shape index (κ2) is 8.76. The summed E-state index contributed by atoms with van der Waals surface area (Å²) < 4.78 is 28.7. The van der Waals surface area contributed by atoms with E-state index in [1.54, 1.807) is 0 Å². The van der Waals surface area contributed by atoms with E-state index in [-0.39, 0.29) is 5.75 Å². The van der Waals surface area contributed by atoms with Crippen LogP contribution in [0.15, 0.2) is 22.7 Å². The molecule has 0 fully saturated rings. The van der Waals surface area contributed by atoms with Crippen LogP contribution in [0.2, 0.25) is 0 Å². The lowest BCUT2D eigenvalue weighted by Crippen LogP contribution is -2.19. The molecule has 0 spiro atoms.